The largest absolute Gasteiger partial charge is 0.493 e. The molecule has 0 N–H and O–H groups in total. The Bertz CT molecular complexity index is 942. The number of aromatic nitrogens is 1. The third kappa shape index (κ3) is 3.39. The summed E-state index contributed by atoms with van der Waals surface area (Å²) in [5.41, 5.74) is 3.61. The molecule has 6 heteroatoms. The fraction of sp³-hybridized carbons (Fsp3) is 0.316. The summed E-state index contributed by atoms with van der Waals surface area (Å²) in [6.45, 7) is 3.13. The molecule has 0 saturated heterocycles. The Balaban J connectivity index is 1.84. The quantitative estimate of drug-likeness (QED) is 0.689. The second-order valence-electron chi connectivity index (χ2n) is 6.05. The number of oxazole rings is 1. The molecule has 6 nitrogen and oxygen atoms in total. The first-order valence-electron chi connectivity index (χ1n) is 8.02. The van der Waals surface area contributed by atoms with E-state index in [4.69, 9.17) is 13.9 Å². The zero-order chi connectivity index (χ0) is 18.0. The van der Waals surface area contributed by atoms with Gasteiger partial charge in [-0.2, -0.15) is 0 Å². The second-order valence-corrected chi connectivity index (χ2v) is 6.05. The van der Waals surface area contributed by atoms with Gasteiger partial charge in [-0.3, -0.25) is 9.47 Å². The van der Waals surface area contributed by atoms with Crippen LogP contribution in [-0.2, 0) is 13.2 Å². The predicted molar refractivity (Wildman–Crippen MR) is 96.2 cm³/mol. The van der Waals surface area contributed by atoms with E-state index in [1.54, 1.807) is 24.9 Å². The Hall–Kier alpha value is -2.73. The first kappa shape index (κ1) is 17.1. The lowest BCUT2D eigenvalue weighted by Crippen LogP contribution is -2.27. The van der Waals surface area contributed by atoms with Gasteiger partial charge in [0, 0.05) is 6.54 Å². The Morgan fingerprint density at radius 1 is 1.12 bits per heavy atom. The summed E-state index contributed by atoms with van der Waals surface area (Å²) in [6, 6.07) is 11.4. The van der Waals surface area contributed by atoms with Gasteiger partial charge in [0.15, 0.2) is 17.1 Å². The van der Waals surface area contributed by atoms with Crippen molar-refractivity contribution < 1.29 is 13.9 Å². The normalized spacial score (nSPS) is 11.2. The van der Waals surface area contributed by atoms with E-state index in [2.05, 4.69) is 4.90 Å². The molecule has 0 saturated carbocycles. The Labute approximate surface area is 146 Å². The number of aryl methyl sites for hydroxylation is 1. The van der Waals surface area contributed by atoms with Crippen LogP contribution in [0.1, 0.15) is 11.1 Å². The van der Waals surface area contributed by atoms with E-state index in [1.165, 1.54) is 0 Å². The van der Waals surface area contributed by atoms with E-state index in [9.17, 15) is 4.79 Å². The van der Waals surface area contributed by atoms with E-state index in [1.807, 2.05) is 44.3 Å². The number of fused-ring (bicyclic) bond motifs is 1. The highest BCUT2D eigenvalue weighted by atomic mass is 16.5. The maximum atomic E-state index is 12.1. The number of methoxy groups -OCH3 is 2. The molecule has 132 valence electrons. The van der Waals surface area contributed by atoms with Gasteiger partial charge in [0.1, 0.15) is 0 Å². The summed E-state index contributed by atoms with van der Waals surface area (Å²) in [6.07, 6.45) is 0. The van der Waals surface area contributed by atoms with Crippen molar-refractivity contribution in [3.05, 3.63) is 58.1 Å². The van der Waals surface area contributed by atoms with Gasteiger partial charge in [0.2, 0.25) is 0 Å². The van der Waals surface area contributed by atoms with Crippen molar-refractivity contribution in [2.75, 3.05) is 21.3 Å². The van der Waals surface area contributed by atoms with E-state index >= 15 is 0 Å². The molecule has 0 amide bonds. The Kier molecular flexibility index (Phi) is 4.81. The molecule has 3 rings (SSSR count). The lowest BCUT2D eigenvalue weighted by atomic mass is 10.1. The molecule has 0 fully saturated rings. The summed E-state index contributed by atoms with van der Waals surface area (Å²) in [5.74, 6) is 1.06. The minimum atomic E-state index is -0.350. The van der Waals surface area contributed by atoms with Gasteiger partial charge in [-0.15, -0.1) is 0 Å². The van der Waals surface area contributed by atoms with Crippen LogP contribution in [0.4, 0.5) is 0 Å². The molecule has 1 heterocycles. The van der Waals surface area contributed by atoms with Crippen LogP contribution in [0.5, 0.6) is 11.5 Å². The minimum Gasteiger partial charge on any atom is -0.493 e. The number of benzene rings is 2. The standard InChI is InChI=1S/C19H22N2O4/c1-13-9-17(23-3)18(24-4)10-14(13)11-20(2)12-21-15-7-5-6-8-16(15)25-19(21)22/h5-10H,11-12H2,1-4H3. The molecule has 1 aromatic heterocycles. The van der Waals surface area contributed by atoms with Gasteiger partial charge in [-0.25, -0.2) is 4.79 Å². The highest BCUT2D eigenvalue weighted by Gasteiger charge is 2.13. The van der Waals surface area contributed by atoms with Crippen LogP contribution in [0.25, 0.3) is 11.1 Å². The minimum absolute atomic E-state index is 0.350. The van der Waals surface area contributed by atoms with Crippen molar-refractivity contribution in [1.82, 2.24) is 9.47 Å². The molecule has 0 spiro atoms. The molecular weight excluding hydrogens is 320 g/mol. The maximum absolute atomic E-state index is 12.1. The zero-order valence-corrected chi connectivity index (χ0v) is 14.9. The van der Waals surface area contributed by atoms with Crippen molar-refractivity contribution in [2.45, 2.75) is 20.1 Å². The molecular formula is C19H22N2O4. The summed E-state index contributed by atoms with van der Waals surface area (Å²) in [4.78, 5) is 14.2. The molecule has 0 aliphatic carbocycles. The van der Waals surface area contributed by atoms with Crippen LogP contribution < -0.4 is 15.2 Å². The van der Waals surface area contributed by atoms with Crippen molar-refractivity contribution >= 4 is 11.1 Å². The van der Waals surface area contributed by atoms with Crippen molar-refractivity contribution in [3.63, 3.8) is 0 Å². The first-order valence-corrected chi connectivity index (χ1v) is 8.02. The van der Waals surface area contributed by atoms with Crippen molar-refractivity contribution in [2.24, 2.45) is 0 Å². The zero-order valence-electron chi connectivity index (χ0n) is 14.9. The molecule has 0 aliphatic heterocycles. The van der Waals surface area contributed by atoms with Gasteiger partial charge < -0.3 is 13.9 Å². The molecule has 3 aromatic rings. The van der Waals surface area contributed by atoms with Gasteiger partial charge in [-0.1, -0.05) is 12.1 Å². The fourth-order valence-corrected chi connectivity index (χ4v) is 2.92. The molecule has 25 heavy (non-hydrogen) atoms. The van der Waals surface area contributed by atoms with Crippen LogP contribution in [-0.4, -0.2) is 30.7 Å². The topological polar surface area (TPSA) is 56.8 Å². The summed E-state index contributed by atoms with van der Waals surface area (Å²) in [5, 5.41) is 0. The number of ether oxygens (including phenoxy) is 2. The van der Waals surface area contributed by atoms with E-state index in [0.717, 1.165) is 16.6 Å². The molecule has 0 atom stereocenters. The van der Waals surface area contributed by atoms with Crippen molar-refractivity contribution in [1.29, 1.82) is 0 Å². The third-order valence-corrected chi connectivity index (χ3v) is 4.24. The smallest absolute Gasteiger partial charge is 0.421 e. The second kappa shape index (κ2) is 7.03. The monoisotopic (exact) mass is 342 g/mol. The van der Waals surface area contributed by atoms with Crippen LogP contribution in [0, 0.1) is 6.92 Å². The molecule has 2 aromatic carbocycles. The first-order chi connectivity index (χ1) is 12.0. The maximum Gasteiger partial charge on any atom is 0.421 e. The average Bonchev–Trinajstić information content (AvgIpc) is 2.92. The molecule has 0 radical (unpaired) electrons. The number of nitrogens with zero attached hydrogens (tertiary/aromatic N) is 2. The van der Waals surface area contributed by atoms with E-state index in [0.29, 0.717) is 30.3 Å². The number of hydrogen-bond acceptors (Lipinski definition) is 5. The highest BCUT2D eigenvalue weighted by molar-refractivity contribution is 5.72. The molecule has 0 unspecified atom stereocenters. The van der Waals surface area contributed by atoms with E-state index < -0.39 is 0 Å². The number of para-hydroxylation sites is 2. The van der Waals surface area contributed by atoms with Gasteiger partial charge in [0.25, 0.3) is 0 Å². The molecule has 0 bridgehead atoms. The highest BCUT2D eigenvalue weighted by Crippen LogP contribution is 2.30. The lowest BCUT2D eigenvalue weighted by Gasteiger charge is -2.19. The fourth-order valence-electron chi connectivity index (χ4n) is 2.92. The van der Waals surface area contributed by atoms with Crippen LogP contribution in [0.3, 0.4) is 0 Å². The number of rotatable bonds is 6. The van der Waals surface area contributed by atoms with Crippen LogP contribution in [0.15, 0.2) is 45.6 Å². The number of hydrogen-bond donors (Lipinski definition) is 0. The van der Waals surface area contributed by atoms with Crippen LogP contribution in [0.2, 0.25) is 0 Å². The SMILES string of the molecule is COc1cc(C)c(CN(C)Cn2c(=O)oc3ccccc32)cc1OC. The Morgan fingerprint density at radius 3 is 2.52 bits per heavy atom. The van der Waals surface area contributed by atoms with Gasteiger partial charge in [0.05, 0.1) is 26.4 Å². The average molecular weight is 342 g/mol. The van der Waals surface area contributed by atoms with E-state index in [-0.39, 0.29) is 5.76 Å². The van der Waals surface area contributed by atoms with Gasteiger partial charge in [-0.05, 0) is 49.4 Å². The van der Waals surface area contributed by atoms with Gasteiger partial charge >= 0.3 is 5.76 Å². The lowest BCUT2D eigenvalue weighted by molar-refractivity contribution is 0.252. The predicted octanol–water partition coefficient (Wildman–Crippen LogP) is 3.01. The van der Waals surface area contributed by atoms with Crippen molar-refractivity contribution in [3.8, 4) is 11.5 Å². The summed E-state index contributed by atoms with van der Waals surface area (Å²) in [7, 11) is 5.21. The molecule has 0 aliphatic rings. The summed E-state index contributed by atoms with van der Waals surface area (Å²) >= 11 is 0. The third-order valence-electron chi connectivity index (χ3n) is 4.24. The summed E-state index contributed by atoms with van der Waals surface area (Å²) < 4.78 is 17.6. The van der Waals surface area contributed by atoms with Crippen LogP contribution >= 0.6 is 0 Å². The Morgan fingerprint density at radius 2 is 1.80 bits per heavy atom.